The van der Waals surface area contributed by atoms with E-state index in [0.29, 0.717) is 0 Å². The Morgan fingerprint density at radius 3 is 2.75 bits per heavy atom. The van der Waals surface area contributed by atoms with Gasteiger partial charge in [0.15, 0.2) is 5.13 Å². The Morgan fingerprint density at radius 1 is 1.30 bits per heavy atom. The average Bonchev–Trinajstić information content (AvgIpc) is 3.06. The van der Waals surface area contributed by atoms with Gasteiger partial charge in [0.25, 0.3) is 0 Å². The minimum Gasteiger partial charge on any atom is -0.346 e. The number of aromatic nitrogens is 2. The summed E-state index contributed by atoms with van der Waals surface area (Å²) in [5.41, 5.74) is 4.20. The second kappa shape index (κ2) is 5.79. The van der Waals surface area contributed by atoms with Crippen LogP contribution in [0.2, 0.25) is 0 Å². The number of thiazole rings is 2. The monoisotopic (exact) mass is 308 g/mol. The molecule has 0 aliphatic heterocycles. The molecule has 2 heterocycles. The minimum atomic E-state index is 0.748. The first kappa shape index (κ1) is 14.0. The van der Waals surface area contributed by atoms with Gasteiger partial charge in [-0.25, -0.2) is 9.97 Å². The maximum absolute atomic E-state index is 4.71. The highest BCUT2D eigenvalue weighted by molar-refractivity contribution is 7.15. The molecule has 4 nitrogen and oxygen atoms in total. The van der Waals surface area contributed by atoms with Gasteiger partial charge in [-0.05, 0) is 26.7 Å². The number of hydrogen-bond acceptors (Lipinski definition) is 6. The van der Waals surface area contributed by atoms with Gasteiger partial charge >= 0.3 is 0 Å². The zero-order valence-electron chi connectivity index (χ0n) is 12.1. The van der Waals surface area contributed by atoms with Crippen LogP contribution in [0.25, 0.3) is 0 Å². The first-order valence-corrected chi connectivity index (χ1v) is 8.63. The minimum absolute atomic E-state index is 0.748. The van der Waals surface area contributed by atoms with Crippen molar-refractivity contribution < 1.29 is 0 Å². The van der Waals surface area contributed by atoms with Gasteiger partial charge in [-0.1, -0.05) is 0 Å². The van der Waals surface area contributed by atoms with E-state index in [-0.39, 0.29) is 0 Å². The molecule has 0 radical (unpaired) electrons. The molecule has 2 aromatic rings. The van der Waals surface area contributed by atoms with Crippen molar-refractivity contribution in [3.63, 3.8) is 0 Å². The fourth-order valence-electron chi connectivity index (χ4n) is 2.03. The maximum atomic E-state index is 4.71. The molecule has 0 saturated heterocycles. The molecule has 3 rings (SSSR count). The van der Waals surface area contributed by atoms with Crippen LogP contribution in [0.5, 0.6) is 0 Å². The Morgan fingerprint density at radius 2 is 2.10 bits per heavy atom. The van der Waals surface area contributed by atoms with Crippen LogP contribution >= 0.6 is 22.7 Å². The normalized spacial score (nSPS) is 14.8. The van der Waals surface area contributed by atoms with E-state index in [2.05, 4.69) is 36.1 Å². The van der Waals surface area contributed by atoms with Gasteiger partial charge in [0.1, 0.15) is 0 Å². The van der Waals surface area contributed by atoms with Crippen molar-refractivity contribution in [3.05, 3.63) is 26.7 Å². The maximum Gasteiger partial charge on any atom is 0.185 e. The first-order valence-electron chi connectivity index (χ1n) is 6.93. The molecule has 0 bridgehead atoms. The lowest BCUT2D eigenvalue weighted by atomic mass is 10.4. The van der Waals surface area contributed by atoms with Crippen molar-refractivity contribution in [3.8, 4) is 0 Å². The largest absolute Gasteiger partial charge is 0.346 e. The Bertz CT molecular complexity index is 586. The van der Waals surface area contributed by atoms with Gasteiger partial charge in [-0.3, -0.25) is 0 Å². The molecule has 1 fully saturated rings. The summed E-state index contributed by atoms with van der Waals surface area (Å²) >= 11 is 3.52. The fraction of sp³-hybridized carbons (Fsp3) is 0.571. The zero-order chi connectivity index (χ0) is 14.1. The third kappa shape index (κ3) is 3.19. The molecular formula is C14H20N4S2. The lowest BCUT2D eigenvalue weighted by Gasteiger charge is -2.14. The number of nitrogens with zero attached hydrogens (tertiary/aromatic N) is 3. The molecule has 0 amide bonds. The molecule has 1 N–H and O–H groups in total. The van der Waals surface area contributed by atoms with Crippen LogP contribution in [-0.4, -0.2) is 23.1 Å². The molecule has 2 aromatic heterocycles. The molecule has 1 aliphatic rings. The molecule has 1 saturated carbocycles. The second-order valence-corrected chi connectivity index (χ2v) is 7.38. The number of rotatable bonds is 6. The van der Waals surface area contributed by atoms with Crippen molar-refractivity contribution in [1.82, 2.24) is 15.3 Å². The van der Waals surface area contributed by atoms with Gasteiger partial charge in [0.2, 0.25) is 0 Å². The molecule has 0 spiro atoms. The van der Waals surface area contributed by atoms with E-state index in [1.165, 1.54) is 22.6 Å². The van der Waals surface area contributed by atoms with E-state index < -0.39 is 0 Å². The van der Waals surface area contributed by atoms with Crippen LogP contribution in [0.4, 0.5) is 5.13 Å². The molecule has 108 valence electrons. The quantitative estimate of drug-likeness (QED) is 0.890. The molecular weight excluding hydrogens is 288 g/mol. The van der Waals surface area contributed by atoms with Crippen molar-refractivity contribution in [1.29, 1.82) is 0 Å². The highest BCUT2D eigenvalue weighted by Gasteiger charge is 2.21. The van der Waals surface area contributed by atoms with Gasteiger partial charge in [0, 0.05) is 29.4 Å². The molecule has 0 aromatic carbocycles. The standard InChI is InChI=1S/C14H20N4S2/c1-9-13(19-8-16-9)7-18(3)14-17-10(2)12(20-14)6-15-11-4-5-11/h8,11,15H,4-7H2,1-3H3. The number of aryl methyl sites for hydroxylation is 2. The van der Waals surface area contributed by atoms with E-state index >= 15 is 0 Å². The van der Waals surface area contributed by atoms with E-state index in [0.717, 1.165) is 35.7 Å². The molecule has 0 atom stereocenters. The predicted molar refractivity (Wildman–Crippen MR) is 85.7 cm³/mol. The van der Waals surface area contributed by atoms with Crippen LogP contribution < -0.4 is 10.2 Å². The predicted octanol–water partition coefficient (Wildman–Crippen LogP) is 3.10. The van der Waals surface area contributed by atoms with E-state index in [4.69, 9.17) is 4.98 Å². The Hall–Kier alpha value is -0.980. The lowest BCUT2D eigenvalue weighted by Crippen LogP contribution is -2.16. The van der Waals surface area contributed by atoms with Gasteiger partial charge < -0.3 is 10.2 Å². The Balaban J connectivity index is 1.66. The summed E-state index contributed by atoms with van der Waals surface area (Å²) in [7, 11) is 2.11. The molecule has 6 heteroatoms. The fourth-order valence-corrected chi connectivity index (χ4v) is 3.83. The molecule has 0 unspecified atom stereocenters. The summed E-state index contributed by atoms with van der Waals surface area (Å²) in [5, 5.41) is 4.66. The van der Waals surface area contributed by atoms with Crippen LogP contribution in [0, 0.1) is 13.8 Å². The van der Waals surface area contributed by atoms with Crippen molar-refractivity contribution in [2.24, 2.45) is 0 Å². The summed E-state index contributed by atoms with van der Waals surface area (Å²) in [6, 6.07) is 0.748. The summed E-state index contributed by atoms with van der Waals surface area (Å²) in [5.74, 6) is 0. The smallest absolute Gasteiger partial charge is 0.185 e. The van der Waals surface area contributed by atoms with Crippen LogP contribution in [0.1, 0.15) is 34.0 Å². The number of hydrogen-bond donors (Lipinski definition) is 1. The first-order chi connectivity index (χ1) is 9.63. The van der Waals surface area contributed by atoms with Crippen molar-refractivity contribution in [2.45, 2.75) is 45.8 Å². The number of anilines is 1. The van der Waals surface area contributed by atoms with Gasteiger partial charge in [-0.2, -0.15) is 0 Å². The summed E-state index contributed by atoms with van der Waals surface area (Å²) < 4.78 is 0. The van der Waals surface area contributed by atoms with Crippen molar-refractivity contribution >= 4 is 27.8 Å². The molecule has 1 aliphatic carbocycles. The number of nitrogens with one attached hydrogen (secondary N) is 1. The van der Waals surface area contributed by atoms with E-state index in [1.807, 2.05) is 5.51 Å². The van der Waals surface area contributed by atoms with E-state index in [1.54, 1.807) is 22.7 Å². The van der Waals surface area contributed by atoms with Crippen LogP contribution in [0.15, 0.2) is 5.51 Å². The summed E-state index contributed by atoms with van der Waals surface area (Å²) in [4.78, 5) is 13.9. The topological polar surface area (TPSA) is 41.1 Å². The summed E-state index contributed by atoms with van der Waals surface area (Å²) in [6.45, 7) is 6.02. The zero-order valence-corrected chi connectivity index (χ0v) is 13.8. The average molecular weight is 308 g/mol. The van der Waals surface area contributed by atoms with Gasteiger partial charge in [0.05, 0.1) is 23.4 Å². The van der Waals surface area contributed by atoms with Gasteiger partial charge in [-0.15, -0.1) is 22.7 Å². The van der Waals surface area contributed by atoms with Crippen molar-refractivity contribution in [2.75, 3.05) is 11.9 Å². The third-order valence-electron chi connectivity index (χ3n) is 3.56. The van der Waals surface area contributed by atoms with Crippen LogP contribution in [-0.2, 0) is 13.1 Å². The lowest BCUT2D eigenvalue weighted by molar-refractivity contribution is 0.691. The highest BCUT2D eigenvalue weighted by Crippen LogP contribution is 2.28. The van der Waals surface area contributed by atoms with E-state index in [9.17, 15) is 0 Å². The molecule has 20 heavy (non-hydrogen) atoms. The van der Waals surface area contributed by atoms with Crippen LogP contribution in [0.3, 0.4) is 0 Å². The highest BCUT2D eigenvalue weighted by atomic mass is 32.1. The second-order valence-electron chi connectivity index (χ2n) is 5.38. The Labute approximate surface area is 127 Å². The summed E-state index contributed by atoms with van der Waals surface area (Å²) in [6.07, 6.45) is 2.66. The Kier molecular flexibility index (Phi) is 4.05. The third-order valence-corrected chi connectivity index (χ3v) is 5.75. The SMILES string of the molecule is Cc1ncsc1CN(C)c1nc(C)c(CNC2CC2)s1.